The summed E-state index contributed by atoms with van der Waals surface area (Å²) in [4.78, 5) is 20.3. The largest absolute Gasteiger partial charge is 0.507 e. The number of amides is 1. The van der Waals surface area contributed by atoms with Gasteiger partial charge >= 0.3 is 0 Å². The van der Waals surface area contributed by atoms with Crippen LogP contribution >= 0.6 is 11.6 Å². The zero-order chi connectivity index (χ0) is 26.8. The molecule has 7 nitrogen and oxygen atoms in total. The van der Waals surface area contributed by atoms with Crippen molar-refractivity contribution >= 4 is 40.3 Å². The van der Waals surface area contributed by atoms with Gasteiger partial charge in [-0.15, -0.1) is 0 Å². The lowest BCUT2D eigenvalue weighted by Gasteiger charge is -2.30. The molecule has 1 aromatic heterocycles. The number of nitrogens with one attached hydrogen (secondary N) is 2. The number of benzene rings is 3. The van der Waals surface area contributed by atoms with Gasteiger partial charge in [0.15, 0.2) is 0 Å². The van der Waals surface area contributed by atoms with Gasteiger partial charge in [-0.25, -0.2) is 4.39 Å². The Morgan fingerprint density at radius 1 is 1.00 bits per heavy atom. The summed E-state index contributed by atoms with van der Waals surface area (Å²) in [6.07, 6.45) is 5.86. The van der Waals surface area contributed by atoms with Gasteiger partial charge in [-0.3, -0.25) is 9.69 Å². The lowest BCUT2D eigenvalue weighted by Crippen LogP contribution is -2.43. The molecule has 1 aliphatic rings. The second kappa shape index (κ2) is 10.8. The topological polar surface area (TPSA) is 74.8 Å². The minimum Gasteiger partial charge on any atom is -0.507 e. The van der Waals surface area contributed by atoms with Gasteiger partial charge in [-0.05, 0) is 53.6 Å². The van der Waals surface area contributed by atoms with Crippen LogP contribution in [-0.4, -0.2) is 61.7 Å². The van der Waals surface area contributed by atoms with E-state index in [0.717, 1.165) is 42.8 Å². The van der Waals surface area contributed by atoms with E-state index in [2.05, 4.69) is 15.2 Å². The molecule has 9 heteroatoms. The Morgan fingerprint density at radius 3 is 2.42 bits per heavy atom. The molecule has 0 aliphatic carbocycles. The number of aromatic nitrogens is 1. The number of nitrogens with zero attached hydrogens (tertiary/aromatic N) is 3. The summed E-state index contributed by atoms with van der Waals surface area (Å²) in [6, 6.07) is 13.6. The number of H-pyrrole nitrogens is 1. The highest BCUT2D eigenvalue weighted by Gasteiger charge is 2.20. The Hall–Kier alpha value is -4.01. The first-order valence-corrected chi connectivity index (χ1v) is 12.7. The average Bonchev–Trinajstić information content (AvgIpc) is 3.39. The van der Waals surface area contributed by atoms with Crippen LogP contribution in [0.3, 0.4) is 0 Å². The van der Waals surface area contributed by atoms with Crippen molar-refractivity contribution in [3.63, 3.8) is 0 Å². The van der Waals surface area contributed by atoms with E-state index in [1.54, 1.807) is 35.5 Å². The molecule has 0 saturated carbocycles. The molecule has 2 heterocycles. The quantitative estimate of drug-likeness (QED) is 0.277. The third-order valence-corrected chi connectivity index (χ3v) is 6.97. The minimum atomic E-state index is -0.480. The Kier molecular flexibility index (Phi) is 7.26. The average molecular weight is 534 g/mol. The van der Waals surface area contributed by atoms with E-state index in [4.69, 9.17) is 11.6 Å². The highest BCUT2D eigenvalue weighted by molar-refractivity contribution is 6.34. The van der Waals surface area contributed by atoms with Crippen LogP contribution in [0.15, 0.2) is 67.1 Å². The number of hydrogen-bond donors (Lipinski definition) is 3. The van der Waals surface area contributed by atoms with E-state index in [-0.39, 0.29) is 10.8 Å². The van der Waals surface area contributed by atoms with E-state index in [0.29, 0.717) is 34.4 Å². The summed E-state index contributed by atoms with van der Waals surface area (Å²) in [5.41, 5.74) is 4.35. The number of piperazine rings is 1. The highest BCUT2D eigenvalue weighted by atomic mass is 35.5. The fourth-order valence-electron chi connectivity index (χ4n) is 4.77. The summed E-state index contributed by atoms with van der Waals surface area (Å²) in [6.45, 7) is 3.48. The fourth-order valence-corrected chi connectivity index (χ4v) is 5.05. The third-order valence-electron chi connectivity index (χ3n) is 6.67. The molecule has 0 radical (unpaired) electrons. The zero-order valence-corrected chi connectivity index (χ0v) is 22.0. The van der Waals surface area contributed by atoms with Gasteiger partial charge in [-0.2, -0.15) is 0 Å². The molecule has 1 fully saturated rings. The SMILES string of the molecule is CN(C)/C=C\N(C=O)c1ccc(-c2cc(F)cc(-c3cc(N4CCNCC4)c4cc[nH]c4c3)c2O)cc1Cl. The van der Waals surface area contributed by atoms with Crippen LogP contribution in [-0.2, 0) is 4.79 Å². The lowest BCUT2D eigenvalue weighted by molar-refractivity contribution is -0.106. The van der Waals surface area contributed by atoms with Crippen LogP contribution in [0.2, 0.25) is 5.02 Å². The summed E-state index contributed by atoms with van der Waals surface area (Å²) in [5.74, 6) is -0.529. The molecule has 5 rings (SSSR count). The molecule has 0 unspecified atom stereocenters. The smallest absolute Gasteiger partial charge is 0.218 e. The second-order valence-corrected chi connectivity index (χ2v) is 9.87. The van der Waals surface area contributed by atoms with E-state index >= 15 is 0 Å². The monoisotopic (exact) mass is 533 g/mol. The number of phenolic OH excluding ortho intramolecular Hbond substituents is 1. The van der Waals surface area contributed by atoms with Crippen molar-refractivity contribution in [2.24, 2.45) is 0 Å². The molecule has 1 amide bonds. The van der Waals surface area contributed by atoms with E-state index < -0.39 is 5.82 Å². The van der Waals surface area contributed by atoms with Crippen molar-refractivity contribution < 1.29 is 14.3 Å². The van der Waals surface area contributed by atoms with Crippen LogP contribution in [0.4, 0.5) is 15.8 Å². The molecular formula is C29H29ClFN5O2. The van der Waals surface area contributed by atoms with Gasteiger partial charge in [0, 0.05) is 86.6 Å². The molecule has 1 saturated heterocycles. The van der Waals surface area contributed by atoms with Crippen LogP contribution in [0.5, 0.6) is 5.75 Å². The maximum Gasteiger partial charge on any atom is 0.218 e. The number of aromatic hydroxyl groups is 1. The number of carbonyl (C=O) groups excluding carboxylic acids is 1. The predicted molar refractivity (Wildman–Crippen MR) is 152 cm³/mol. The summed E-state index contributed by atoms with van der Waals surface area (Å²) >= 11 is 6.54. The second-order valence-electron chi connectivity index (χ2n) is 9.46. The van der Waals surface area contributed by atoms with Crippen LogP contribution < -0.4 is 15.1 Å². The summed E-state index contributed by atoms with van der Waals surface area (Å²) < 4.78 is 15.0. The van der Waals surface area contributed by atoms with Crippen molar-refractivity contribution in [2.75, 3.05) is 50.1 Å². The third kappa shape index (κ3) is 5.05. The van der Waals surface area contributed by atoms with Gasteiger partial charge in [0.2, 0.25) is 6.41 Å². The van der Waals surface area contributed by atoms with Gasteiger partial charge in [0.25, 0.3) is 0 Å². The van der Waals surface area contributed by atoms with Gasteiger partial charge in [0.05, 0.1) is 10.7 Å². The molecule has 0 bridgehead atoms. The first-order valence-electron chi connectivity index (χ1n) is 12.3. The zero-order valence-electron chi connectivity index (χ0n) is 21.2. The van der Waals surface area contributed by atoms with Crippen LogP contribution in [0.25, 0.3) is 33.2 Å². The predicted octanol–water partition coefficient (Wildman–Crippen LogP) is 5.41. The van der Waals surface area contributed by atoms with Gasteiger partial charge in [0.1, 0.15) is 11.6 Å². The minimum absolute atomic E-state index is 0.0490. The Labute approximate surface area is 225 Å². The molecule has 38 heavy (non-hydrogen) atoms. The number of phenols is 1. The van der Waals surface area contributed by atoms with Crippen molar-refractivity contribution in [2.45, 2.75) is 0 Å². The maximum atomic E-state index is 15.0. The van der Waals surface area contributed by atoms with Crippen molar-refractivity contribution in [3.8, 4) is 28.0 Å². The van der Waals surface area contributed by atoms with Crippen LogP contribution in [0.1, 0.15) is 0 Å². The van der Waals surface area contributed by atoms with Crippen molar-refractivity contribution in [1.82, 2.24) is 15.2 Å². The maximum absolute atomic E-state index is 15.0. The number of rotatable bonds is 7. The molecule has 196 valence electrons. The first-order chi connectivity index (χ1) is 18.4. The Bertz CT molecular complexity index is 1510. The molecule has 3 N–H and O–H groups in total. The molecule has 1 aliphatic heterocycles. The Balaban J connectivity index is 1.58. The molecule has 0 spiro atoms. The number of hydrogen-bond acceptors (Lipinski definition) is 5. The van der Waals surface area contributed by atoms with Crippen LogP contribution in [0, 0.1) is 5.82 Å². The van der Waals surface area contributed by atoms with Gasteiger partial charge < -0.3 is 25.2 Å². The molecule has 4 aromatic rings. The summed E-state index contributed by atoms with van der Waals surface area (Å²) in [5, 5.41) is 16.1. The lowest BCUT2D eigenvalue weighted by atomic mass is 9.95. The number of fused-ring (bicyclic) bond motifs is 1. The normalized spacial score (nSPS) is 13.8. The highest BCUT2D eigenvalue weighted by Crippen LogP contribution is 2.43. The number of carbonyl (C=O) groups is 1. The fraction of sp³-hybridized carbons (Fsp3) is 0.207. The number of anilines is 2. The van der Waals surface area contributed by atoms with E-state index in [1.807, 2.05) is 38.5 Å². The number of halogens is 2. The first kappa shape index (κ1) is 25.6. The molecular weight excluding hydrogens is 505 g/mol. The molecule has 3 aromatic carbocycles. The van der Waals surface area contributed by atoms with E-state index in [9.17, 15) is 14.3 Å². The number of aromatic amines is 1. The van der Waals surface area contributed by atoms with E-state index in [1.165, 1.54) is 17.0 Å². The van der Waals surface area contributed by atoms with Gasteiger partial charge in [-0.1, -0.05) is 17.7 Å². The van der Waals surface area contributed by atoms with Crippen molar-refractivity contribution in [3.05, 3.63) is 78.0 Å². The summed E-state index contributed by atoms with van der Waals surface area (Å²) in [7, 11) is 3.68. The standard InChI is InChI=1S/C29H29ClFN5O2/c1-34(2)11-12-36(18-37)27-4-3-19(13-25(27)30)23-16-21(31)17-24(29(23)38)20-14-26-22(5-6-33-26)28(15-20)35-9-7-32-8-10-35/h3-6,11-18,32-33,38H,7-10H2,1-2H3/b12-11-. The van der Waals surface area contributed by atoms with Crippen molar-refractivity contribution in [1.29, 1.82) is 0 Å². The molecule has 0 atom stereocenters. The Morgan fingerprint density at radius 2 is 1.74 bits per heavy atom.